The molecule has 0 amide bonds. The van der Waals surface area contributed by atoms with Crippen molar-refractivity contribution >= 4 is 28.6 Å². The van der Waals surface area contributed by atoms with E-state index in [1.807, 2.05) is 18.4 Å². The summed E-state index contributed by atoms with van der Waals surface area (Å²) < 4.78 is 4.97. The number of aryl methyl sites for hydroxylation is 1. The predicted octanol–water partition coefficient (Wildman–Crippen LogP) is 3.28. The summed E-state index contributed by atoms with van der Waals surface area (Å²) in [5.41, 5.74) is 0.461. The van der Waals surface area contributed by atoms with E-state index in [0.29, 0.717) is 12.3 Å². The van der Waals surface area contributed by atoms with Crippen molar-refractivity contribution in [3.05, 3.63) is 38.0 Å². The predicted molar refractivity (Wildman–Crippen MR) is 69.9 cm³/mol. The van der Waals surface area contributed by atoms with Crippen molar-refractivity contribution < 1.29 is 9.53 Å². The van der Waals surface area contributed by atoms with Gasteiger partial charge in [0.2, 0.25) is 0 Å². The third kappa shape index (κ3) is 2.92. The highest BCUT2D eigenvalue weighted by Gasteiger charge is 2.16. The number of carbonyl (C=O) groups excluding carboxylic acids is 1. The zero-order valence-corrected chi connectivity index (χ0v) is 11.4. The highest BCUT2D eigenvalue weighted by molar-refractivity contribution is 7.12. The van der Waals surface area contributed by atoms with Gasteiger partial charge in [-0.3, -0.25) is 0 Å². The molecule has 2 rings (SSSR count). The zero-order chi connectivity index (χ0) is 12.3. The largest absolute Gasteiger partial charge is 0.461 e. The van der Waals surface area contributed by atoms with Gasteiger partial charge in [0, 0.05) is 16.2 Å². The van der Waals surface area contributed by atoms with Crippen LogP contribution >= 0.6 is 22.7 Å². The normalized spacial score (nSPS) is 10.5. The van der Waals surface area contributed by atoms with Gasteiger partial charge in [-0.25, -0.2) is 9.78 Å². The number of hydrogen-bond donors (Lipinski definition) is 0. The Morgan fingerprint density at radius 3 is 3.00 bits per heavy atom. The molecule has 0 aromatic carbocycles. The minimum absolute atomic E-state index is 0.321. The summed E-state index contributed by atoms with van der Waals surface area (Å²) in [5, 5.41) is 3.01. The Morgan fingerprint density at radius 2 is 2.35 bits per heavy atom. The van der Waals surface area contributed by atoms with Gasteiger partial charge in [-0.2, -0.15) is 0 Å². The van der Waals surface area contributed by atoms with Crippen LogP contribution < -0.4 is 0 Å². The molecule has 0 atom stereocenters. The van der Waals surface area contributed by atoms with E-state index in [2.05, 4.69) is 11.1 Å². The minimum Gasteiger partial charge on any atom is -0.461 e. The van der Waals surface area contributed by atoms with Crippen molar-refractivity contribution in [2.45, 2.75) is 20.3 Å². The molecule has 0 aliphatic heterocycles. The number of thiazole rings is 1. The molecule has 17 heavy (non-hydrogen) atoms. The second-order valence-electron chi connectivity index (χ2n) is 3.49. The van der Waals surface area contributed by atoms with E-state index in [1.165, 1.54) is 4.88 Å². The van der Waals surface area contributed by atoms with E-state index >= 15 is 0 Å². The van der Waals surface area contributed by atoms with E-state index in [9.17, 15) is 4.79 Å². The fourth-order valence-corrected chi connectivity index (χ4v) is 3.22. The fourth-order valence-electron chi connectivity index (χ4n) is 1.48. The standard InChI is InChI=1S/C12H13NO2S2/c1-3-15-12(14)11-8(2)17-10(13-11)7-9-5-4-6-16-9/h4-6H,3,7H2,1-2H3. The molecule has 2 heterocycles. The van der Waals surface area contributed by atoms with Crippen LogP contribution in [-0.2, 0) is 11.2 Å². The molecule has 0 fully saturated rings. The maximum Gasteiger partial charge on any atom is 0.358 e. The second kappa shape index (κ2) is 5.42. The van der Waals surface area contributed by atoms with Gasteiger partial charge in [0.1, 0.15) is 0 Å². The van der Waals surface area contributed by atoms with Crippen molar-refractivity contribution in [3.8, 4) is 0 Å². The topological polar surface area (TPSA) is 39.2 Å². The van der Waals surface area contributed by atoms with E-state index in [-0.39, 0.29) is 5.97 Å². The summed E-state index contributed by atoms with van der Waals surface area (Å²) in [6.45, 7) is 4.09. The summed E-state index contributed by atoms with van der Waals surface area (Å²) in [6.07, 6.45) is 0.794. The van der Waals surface area contributed by atoms with Gasteiger partial charge in [-0.1, -0.05) is 6.07 Å². The van der Waals surface area contributed by atoms with Crippen molar-refractivity contribution in [1.82, 2.24) is 4.98 Å². The third-order valence-electron chi connectivity index (χ3n) is 2.22. The Kier molecular flexibility index (Phi) is 3.91. The highest BCUT2D eigenvalue weighted by Crippen LogP contribution is 2.22. The average molecular weight is 267 g/mol. The zero-order valence-electron chi connectivity index (χ0n) is 9.73. The third-order valence-corrected chi connectivity index (χ3v) is 4.06. The Morgan fingerprint density at radius 1 is 1.53 bits per heavy atom. The number of carbonyl (C=O) groups is 1. The minimum atomic E-state index is -0.321. The number of hydrogen-bond acceptors (Lipinski definition) is 5. The summed E-state index contributed by atoms with van der Waals surface area (Å²) in [5.74, 6) is -0.321. The maximum absolute atomic E-state index is 11.6. The van der Waals surface area contributed by atoms with E-state index < -0.39 is 0 Å². The van der Waals surface area contributed by atoms with Gasteiger partial charge in [0.25, 0.3) is 0 Å². The van der Waals surface area contributed by atoms with Crippen LogP contribution in [0.4, 0.5) is 0 Å². The molecule has 2 aromatic heterocycles. The molecule has 90 valence electrons. The van der Waals surface area contributed by atoms with Gasteiger partial charge in [0.05, 0.1) is 11.6 Å². The molecule has 0 saturated heterocycles. The van der Waals surface area contributed by atoms with Gasteiger partial charge >= 0.3 is 5.97 Å². The van der Waals surface area contributed by atoms with Crippen LogP contribution in [0.3, 0.4) is 0 Å². The van der Waals surface area contributed by atoms with E-state index in [4.69, 9.17) is 4.74 Å². The number of rotatable bonds is 4. The van der Waals surface area contributed by atoms with Crippen LogP contribution in [0.5, 0.6) is 0 Å². The van der Waals surface area contributed by atoms with Gasteiger partial charge < -0.3 is 4.74 Å². The highest BCUT2D eigenvalue weighted by atomic mass is 32.1. The molecule has 0 aliphatic carbocycles. The number of thiophene rings is 1. The Balaban J connectivity index is 2.16. The Labute approximate surface area is 108 Å². The SMILES string of the molecule is CCOC(=O)c1nc(Cc2cccs2)sc1C. The average Bonchev–Trinajstić information content (AvgIpc) is 2.89. The molecular weight excluding hydrogens is 254 g/mol. The van der Waals surface area contributed by atoms with Crippen molar-refractivity contribution in [1.29, 1.82) is 0 Å². The molecule has 2 aromatic rings. The first kappa shape index (κ1) is 12.3. The molecule has 0 spiro atoms. The van der Waals surface area contributed by atoms with Crippen LogP contribution in [-0.4, -0.2) is 17.6 Å². The Hall–Kier alpha value is -1.20. The lowest BCUT2D eigenvalue weighted by Crippen LogP contribution is -2.06. The first-order valence-electron chi connectivity index (χ1n) is 5.36. The lowest BCUT2D eigenvalue weighted by Gasteiger charge is -1.97. The molecule has 0 saturated carbocycles. The quantitative estimate of drug-likeness (QED) is 0.798. The smallest absolute Gasteiger partial charge is 0.358 e. The van der Waals surface area contributed by atoms with Gasteiger partial charge in [-0.05, 0) is 25.3 Å². The monoisotopic (exact) mass is 267 g/mol. The lowest BCUT2D eigenvalue weighted by atomic mass is 10.3. The molecule has 5 heteroatoms. The van der Waals surface area contributed by atoms with Crippen LogP contribution in [0.2, 0.25) is 0 Å². The van der Waals surface area contributed by atoms with E-state index in [1.54, 1.807) is 29.6 Å². The molecule has 0 aliphatic rings. The summed E-state index contributed by atoms with van der Waals surface area (Å²) >= 11 is 3.26. The molecular formula is C12H13NO2S2. The summed E-state index contributed by atoms with van der Waals surface area (Å²) in [7, 11) is 0. The van der Waals surface area contributed by atoms with Crippen molar-refractivity contribution in [2.24, 2.45) is 0 Å². The summed E-state index contributed by atoms with van der Waals surface area (Å²) in [6, 6.07) is 4.10. The van der Waals surface area contributed by atoms with Crippen LogP contribution in [0.15, 0.2) is 17.5 Å². The van der Waals surface area contributed by atoms with Crippen LogP contribution in [0.25, 0.3) is 0 Å². The van der Waals surface area contributed by atoms with Gasteiger partial charge in [0.15, 0.2) is 5.69 Å². The molecule has 0 N–H and O–H groups in total. The van der Waals surface area contributed by atoms with Crippen LogP contribution in [0, 0.1) is 6.92 Å². The molecule has 0 bridgehead atoms. The molecule has 0 unspecified atom stereocenters. The van der Waals surface area contributed by atoms with Gasteiger partial charge in [-0.15, -0.1) is 22.7 Å². The summed E-state index contributed by atoms with van der Waals surface area (Å²) in [4.78, 5) is 18.1. The lowest BCUT2D eigenvalue weighted by molar-refractivity contribution is 0.0519. The first-order chi connectivity index (χ1) is 8.20. The fraction of sp³-hybridized carbons (Fsp3) is 0.333. The Bertz CT molecular complexity index is 503. The number of nitrogens with zero attached hydrogens (tertiary/aromatic N) is 1. The number of esters is 1. The van der Waals surface area contributed by atoms with E-state index in [0.717, 1.165) is 16.3 Å². The molecule has 0 radical (unpaired) electrons. The number of ether oxygens (including phenoxy) is 1. The maximum atomic E-state index is 11.6. The number of aromatic nitrogens is 1. The molecule has 3 nitrogen and oxygen atoms in total. The second-order valence-corrected chi connectivity index (χ2v) is 5.81. The van der Waals surface area contributed by atoms with Crippen molar-refractivity contribution in [2.75, 3.05) is 6.61 Å². The first-order valence-corrected chi connectivity index (χ1v) is 7.06. The van der Waals surface area contributed by atoms with Crippen LogP contribution in [0.1, 0.15) is 32.2 Å². The van der Waals surface area contributed by atoms with Crippen molar-refractivity contribution in [3.63, 3.8) is 0 Å².